The summed E-state index contributed by atoms with van der Waals surface area (Å²) in [7, 11) is 0. The van der Waals surface area contributed by atoms with E-state index in [0.29, 0.717) is 0 Å². The first-order chi connectivity index (χ1) is 7.33. The molecule has 84 valence electrons. The van der Waals surface area contributed by atoms with E-state index in [2.05, 4.69) is 6.08 Å². The van der Waals surface area contributed by atoms with Crippen LogP contribution in [0.5, 0.6) is 0 Å². The summed E-state index contributed by atoms with van der Waals surface area (Å²) in [5, 5.41) is 10.0. The third kappa shape index (κ3) is 1.80. The zero-order chi connectivity index (χ0) is 10.3. The molecule has 3 aliphatic rings. The van der Waals surface area contributed by atoms with E-state index in [-0.39, 0.29) is 6.10 Å². The first-order valence-electron chi connectivity index (χ1n) is 6.34. The van der Waals surface area contributed by atoms with Gasteiger partial charge in [0, 0.05) is 6.42 Å². The second kappa shape index (κ2) is 3.82. The van der Waals surface area contributed by atoms with Gasteiger partial charge < -0.3 is 9.84 Å². The Hall–Kier alpha value is -0.500. The minimum absolute atomic E-state index is 0.322. The van der Waals surface area contributed by atoms with Crippen molar-refractivity contribution in [3.8, 4) is 0 Å². The second-order valence-electron chi connectivity index (χ2n) is 5.43. The molecular formula is C13H20O2. The van der Waals surface area contributed by atoms with Crippen LogP contribution in [0.2, 0.25) is 0 Å². The Kier molecular flexibility index (Phi) is 2.47. The monoisotopic (exact) mass is 208 g/mol. The second-order valence-corrected chi connectivity index (χ2v) is 5.43. The molecule has 2 saturated carbocycles. The molecule has 0 aromatic rings. The maximum Gasteiger partial charge on any atom is 0.121 e. The number of rotatable bonds is 3. The SMILES string of the molecule is OC(CC1CC2CCC1C2)C1=CCCO1. The summed E-state index contributed by atoms with van der Waals surface area (Å²) in [5.41, 5.74) is 0. The van der Waals surface area contributed by atoms with Crippen molar-refractivity contribution >= 4 is 0 Å². The molecule has 3 rings (SSSR count). The molecule has 4 unspecified atom stereocenters. The van der Waals surface area contributed by atoms with Crippen LogP contribution in [-0.2, 0) is 4.74 Å². The van der Waals surface area contributed by atoms with Gasteiger partial charge in [-0.25, -0.2) is 0 Å². The van der Waals surface area contributed by atoms with E-state index < -0.39 is 0 Å². The molecule has 4 atom stereocenters. The molecule has 0 aromatic heterocycles. The van der Waals surface area contributed by atoms with Crippen LogP contribution < -0.4 is 0 Å². The van der Waals surface area contributed by atoms with Gasteiger partial charge >= 0.3 is 0 Å². The number of aliphatic hydroxyl groups excluding tert-OH is 1. The standard InChI is InChI=1S/C13H20O2/c14-12(13-2-1-5-15-13)8-11-7-9-3-4-10(11)6-9/h2,9-12,14H,1,3-8H2. The predicted octanol–water partition coefficient (Wildman–Crippen LogP) is 2.48. The Morgan fingerprint density at radius 3 is 2.93 bits per heavy atom. The summed E-state index contributed by atoms with van der Waals surface area (Å²) >= 11 is 0. The zero-order valence-electron chi connectivity index (χ0n) is 9.19. The molecule has 2 bridgehead atoms. The summed E-state index contributed by atoms with van der Waals surface area (Å²) in [6, 6.07) is 0. The van der Waals surface area contributed by atoms with Gasteiger partial charge in [-0.15, -0.1) is 0 Å². The number of hydrogen-bond donors (Lipinski definition) is 1. The molecular weight excluding hydrogens is 188 g/mol. The molecule has 0 radical (unpaired) electrons. The van der Waals surface area contributed by atoms with Gasteiger partial charge in [0.05, 0.1) is 6.61 Å². The van der Waals surface area contributed by atoms with E-state index in [1.54, 1.807) is 0 Å². The van der Waals surface area contributed by atoms with Gasteiger partial charge in [-0.2, -0.15) is 0 Å². The topological polar surface area (TPSA) is 29.5 Å². The van der Waals surface area contributed by atoms with Crippen LogP contribution in [0.15, 0.2) is 11.8 Å². The van der Waals surface area contributed by atoms with E-state index in [9.17, 15) is 5.11 Å². The normalized spacial score (nSPS) is 40.3. The molecule has 15 heavy (non-hydrogen) atoms. The van der Waals surface area contributed by atoms with E-state index >= 15 is 0 Å². The van der Waals surface area contributed by atoms with E-state index in [1.165, 1.54) is 25.7 Å². The molecule has 0 spiro atoms. The van der Waals surface area contributed by atoms with E-state index in [1.807, 2.05) is 0 Å². The molecule has 2 nitrogen and oxygen atoms in total. The minimum atomic E-state index is -0.322. The molecule has 0 saturated heterocycles. The predicted molar refractivity (Wildman–Crippen MR) is 58.2 cm³/mol. The molecule has 2 aliphatic carbocycles. The van der Waals surface area contributed by atoms with Crippen LogP contribution >= 0.6 is 0 Å². The lowest BCUT2D eigenvalue weighted by Gasteiger charge is -2.24. The fraction of sp³-hybridized carbons (Fsp3) is 0.846. The maximum absolute atomic E-state index is 10.0. The first-order valence-corrected chi connectivity index (χ1v) is 6.34. The van der Waals surface area contributed by atoms with Crippen LogP contribution in [0.4, 0.5) is 0 Å². The van der Waals surface area contributed by atoms with Crippen LogP contribution in [0.3, 0.4) is 0 Å². The Morgan fingerprint density at radius 2 is 2.33 bits per heavy atom. The highest BCUT2D eigenvalue weighted by Crippen LogP contribution is 2.50. The Balaban J connectivity index is 1.56. The molecule has 2 fully saturated rings. The quantitative estimate of drug-likeness (QED) is 0.772. The van der Waals surface area contributed by atoms with Crippen molar-refractivity contribution in [2.45, 2.75) is 44.6 Å². The lowest BCUT2D eigenvalue weighted by Crippen LogP contribution is -2.20. The van der Waals surface area contributed by atoms with Crippen LogP contribution in [-0.4, -0.2) is 17.8 Å². The molecule has 1 aliphatic heterocycles. The third-order valence-electron chi connectivity index (χ3n) is 4.47. The summed E-state index contributed by atoms with van der Waals surface area (Å²) in [6.07, 6.45) is 9.27. The zero-order valence-corrected chi connectivity index (χ0v) is 9.19. The van der Waals surface area contributed by atoms with Crippen molar-refractivity contribution in [3.63, 3.8) is 0 Å². The number of ether oxygens (including phenoxy) is 1. The van der Waals surface area contributed by atoms with Crippen molar-refractivity contribution in [2.24, 2.45) is 17.8 Å². The highest BCUT2D eigenvalue weighted by Gasteiger charge is 2.40. The highest BCUT2D eigenvalue weighted by molar-refractivity contribution is 5.05. The largest absolute Gasteiger partial charge is 0.495 e. The number of aliphatic hydroxyl groups is 1. The molecule has 0 amide bonds. The van der Waals surface area contributed by atoms with Gasteiger partial charge in [-0.3, -0.25) is 0 Å². The fourth-order valence-corrected chi connectivity index (χ4v) is 3.74. The smallest absolute Gasteiger partial charge is 0.121 e. The van der Waals surface area contributed by atoms with Gasteiger partial charge in [0.1, 0.15) is 11.9 Å². The number of fused-ring (bicyclic) bond motifs is 2. The number of hydrogen-bond acceptors (Lipinski definition) is 2. The molecule has 1 N–H and O–H groups in total. The molecule has 1 heterocycles. The average molecular weight is 208 g/mol. The van der Waals surface area contributed by atoms with Crippen LogP contribution in [0, 0.1) is 17.8 Å². The fourth-order valence-electron chi connectivity index (χ4n) is 3.74. The lowest BCUT2D eigenvalue weighted by molar-refractivity contribution is 0.0890. The van der Waals surface area contributed by atoms with Crippen LogP contribution in [0.25, 0.3) is 0 Å². The van der Waals surface area contributed by atoms with Gasteiger partial charge in [0.25, 0.3) is 0 Å². The van der Waals surface area contributed by atoms with Crippen molar-refractivity contribution in [1.29, 1.82) is 0 Å². The minimum Gasteiger partial charge on any atom is -0.495 e. The summed E-state index contributed by atoms with van der Waals surface area (Å²) in [6.45, 7) is 0.767. The highest BCUT2D eigenvalue weighted by atomic mass is 16.5. The van der Waals surface area contributed by atoms with Gasteiger partial charge in [0.2, 0.25) is 0 Å². The Bertz CT molecular complexity index is 272. The average Bonchev–Trinajstić information content (AvgIpc) is 2.95. The van der Waals surface area contributed by atoms with Crippen molar-refractivity contribution in [3.05, 3.63) is 11.8 Å². The van der Waals surface area contributed by atoms with Crippen molar-refractivity contribution < 1.29 is 9.84 Å². The van der Waals surface area contributed by atoms with Crippen molar-refractivity contribution in [1.82, 2.24) is 0 Å². The maximum atomic E-state index is 10.0. The molecule has 0 aromatic carbocycles. The summed E-state index contributed by atoms with van der Waals surface area (Å²) < 4.78 is 5.42. The van der Waals surface area contributed by atoms with Gasteiger partial charge in [-0.1, -0.05) is 6.42 Å². The Morgan fingerprint density at radius 1 is 1.40 bits per heavy atom. The van der Waals surface area contributed by atoms with E-state index in [0.717, 1.165) is 43.0 Å². The summed E-state index contributed by atoms with van der Waals surface area (Å²) in [5.74, 6) is 3.50. The van der Waals surface area contributed by atoms with E-state index in [4.69, 9.17) is 4.74 Å². The summed E-state index contributed by atoms with van der Waals surface area (Å²) in [4.78, 5) is 0. The lowest BCUT2D eigenvalue weighted by atomic mass is 9.84. The third-order valence-corrected chi connectivity index (χ3v) is 4.47. The van der Waals surface area contributed by atoms with Crippen molar-refractivity contribution in [2.75, 3.05) is 6.61 Å². The van der Waals surface area contributed by atoms with Gasteiger partial charge in [-0.05, 0) is 49.5 Å². The first kappa shape index (κ1) is 9.71. The Labute approximate surface area is 91.3 Å². The molecule has 2 heteroatoms. The van der Waals surface area contributed by atoms with Gasteiger partial charge in [0.15, 0.2) is 0 Å². The van der Waals surface area contributed by atoms with Crippen LogP contribution in [0.1, 0.15) is 38.5 Å².